The Morgan fingerprint density at radius 3 is 1.18 bits per heavy atom. The van der Waals surface area contributed by atoms with Gasteiger partial charge in [0.25, 0.3) is 0 Å². The lowest BCUT2D eigenvalue weighted by atomic mass is 9.92. The summed E-state index contributed by atoms with van der Waals surface area (Å²) in [4.78, 5) is 0. The van der Waals surface area contributed by atoms with Gasteiger partial charge in [-0.3, -0.25) is 0 Å². The van der Waals surface area contributed by atoms with Crippen molar-refractivity contribution in [1.82, 2.24) is 0 Å². The summed E-state index contributed by atoms with van der Waals surface area (Å²) in [5, 5.41) is 10.2. The number of allylic oxidation sites excluding steroid dienone is 16. The molecule has 0 bridgehead atoms. The molecule has 0 saturated carbocycles. The normalized spacial score (nSPS) is 17.4. The highest BCUT2D eigenvalue weighted by atomic mass is 16.5. The van der Waals surface area contributed by atoms with E-state index in [4.69, 9.17) is 4.74 Å². The van der Waals surface area contributed by atoms with Crippen LogP contribution in [0.25, 0.3) is 6.08 Å². The number of ether oxygens (including phenoxy) is 1. The van der Waals surface area contributed by atoms with Crippen molar-refractivity contribution in [3.8, 4) is 11.5 Å². The summed E-state index contributed by atoms with van der Waals surface area (Å²) in [6.07, 6.45) is 41.7. The average Bonchev–Trinajstić information content (AvgIpc) is 3.11. The highest BCUT2D eigenvalue weighted by Crippen LogP contribution is 2.40. The first-order valence-corrected chi connectivity index (χ1v) is 21.5. The zero-order chi connectivity index (χ0) is 40.8. The van der Waals surface area contributed by atoms with Gasteiger partial charge in [0, 0.05) is 5.56 Å². The highest BCUT2D eigenvalue weighted by Gasteiger charge is 2.28. The van der Waals surface area contributed by atoms with Crippen LogP contribution in [0.5, 0.6) is 11.5 Å². The van der Waals surface area contributed by atoms with E-state index in [0.717, 1.165) is 93.1 Å². The van der Waals surface area contributed by atoms with Crippen LogP contribution in [-0.2, 0) is 0 Å². The number of aromatic hydroxyl groups is 1. The molecule has 0 radical (unpaired) electrons. The summed E-state index contributed by atoms with van der Waals surface area (Å²) < 4.78 is 6.47. The van der Waals surface area contributed by atoms with Crippen LogP contribution in [0.15, 0.2) is 105 Å². The minimum atomic E-state index is -0.327. The first-order chi connectivity index (χ1) is 26.1. The Labute approximate surface area is 339 Å². The third kappa shape index (κ3) is 20.3. The minimum Gasteiger partial charge on any atom is -0.508 e. The van der Waals surface area contributed by atoms with E-state index in [-0.39, 0.29) is 5.60 Å². The maximum Gasteiger partial charge on any atom is 0.131 e. The molecule has 2 nitrogen and oxygen atoms in total. The number of hydrogen-bond acceptors (Lipinski definition) is 2. The summed E-state index contributed by atoms with van der Waals surface area (Å²) in [6.45, 7) is 26.5. The van der Waals surface area contributed by atoms with Crippen molar-refractivity contribution in [1.29, 1.82) is 0 Å². The third-order valence-corrected chi connectivity index (χ3v) is 11.2. The van der Waals surface area contributed by atoms with Crippen molar-refractivity contribution in [3.05, 3.63) is 122 Å². The second kappa shape index (κ2) is 25.6. The fourth-order valence-electron chi connectivity index (χ4n) is 7.01. The predicted molar refractivity (Wildman–Crippen MR) is 245 cm³/mol. The van der Waals surface area contributed by atoms with E-state index in [9.17, 15) is 5.11 Å². The number of rotatable bonds is 24. The largest absolute Gasteiger partial charge is 0.508 e. The summed E-state index contributed by atoms with van der Waals surface area (Å²) in [5.41, 5.74) is 14.5. The van der Waals surface area contributed by atoms with Crippen molar-refractivity contribution in [2.45, 2.75) is 191 Å². The molecule has 0 aliphatic carbocycles. The van der Waals surface area contributed by atoms with Crippen LogP contribution < -0.4 is 4.74 Å². The predicted octanol–water partition coefficient (Wildman–Crippen LogP) is 17.0. The Balaban J connectivity index is 1.60. The number of phenolic OH excluding ortho intramolecular Hbond substituents is 1. The molecular weight excluding hydrogens is 669 g/mol. The van der Waals surface area contributed by atoms with Gasteiger partial charge >= 0.3 is 0 Å². The minimum absolute atomic E-state index is 0.327. The van der Waals surface area contributed by atoms with Crippen LogP contribution in [0.3, 0.4) is 0 Å². The number of fused-ring (bicyclic) bond motifs is 1. The lowest BCUT2D eigenvalue weighted by Gasteiger charge is -2.33. The van der Waals surface area contributed by atoms with Crippen LogP contribution in [-0.4, -0.2) is 10.7 Å². The molecule has 2 rings (SSSR count). The molecular formula is C53H80O2. The summed E-state index contributed by atoms with van der Waals surface area (Å²) >= 11 is 0. The van der Waals surface area contributed by atoms with Crippen LogP contribution in [0.2, 0.25) is 0 Å². The topological polar surface area (TPSA) is 29.5 Å². The first-order valence-electron chi connectivity index (χ1n) is 21.5. The number of benzene rings is 1. The molecule has 55 heavy (non-hydrogen) atoms. The quantitative estimate of drug-likeness (QED) is 0.107. The van der Waals surface area contributed by atoms with Gasteiger partial charge in [-0.15, -0.1) is 0 Å². The molecule has 1 aromatic rings. The average molecular weight is 749 g/mol. The Kier molecular flexibility index (Phi) is 22.2. The van der Waals surface area contributed by atoms with Crippen molar-refractivity contribution in [2.75, 3.05) is 0 Å². The first kappa shape index (κ1) is 47.6. The van der Waals surface area contributed by atoms with Gasteiger partial charge in [0.05, 0.1) is 0 Å². The molecule has 1 N–H and O–H groups in total. The van der Waals surface area contributed by atoms with E-state index in [1.165, 1.54) is 76.7 Å². The van der Waals surface area contributed by atoms with Crippen LogP contribution in [0.1, 0.15) is 189 Å². The van der Waals surface area contributed by atoms with Gasteiger partial charge in [0.2, 0.25) is 0 Å². The van der Waals surface area contributed by atoms with Gasteiger partial charge in [0.1, 0.15) is 17.1 Å². The molecule has 1 aromatic carbocycles. The summed E-state index contributed by atoms with van der Waals surface area (Å²) in [6, 6.07) is 1.81. The smallest absolute Gasteiger partial charge is 0.131 e. The highest BCUT2D eigenvalue weighted by molar-refractivity contribution is 5.67. The van der Waals surface area contributed by atoms with E-state index in [1.54, 1.807) is 0 Å². The van der Waals surface area contributed by atoms with Gasteiger partial charge in [-0.1, -0.05) is 99.3 Å². The molecule has 2 heteroatoms. The zero-order valence-corrected chi connectivity index (χ0v) is 37.5. The van der Waals surface area contributed by atoms with Crippen molar-refractivity contribution >= 4 is 6.08 Å². The van der Waals surface area contributed by atoms with E-state index in [2.05, 4.69) is 130 Å². The molecule has 0 amide bonds. The maximum absolute atomic E-state index is 10.2. The third-order valence-electron chi connectivity index (χ3n) is 11.2. The van der Waals surface area contributed by atoms with Crippen LogP contribution >= 0.6 is 0 Å². The van der Waals surface area contributed by atoms with E-state index < -0.39 is 0 Å². The fourth-order valence-corrected chi connectivity index (χ4v) is 7.01. The van der Waals surface area contributed by atoms with Gasteiger partial charge in [-0.2, -0.15) is 0 Å². The number of hydrogen-bond donors (Lipinski definition) is 1. The molecule has 0 saturated heterocycles. The summed E-state index contributed by atoms with van der Waals surface area (Å²) in [5.74, 6) is 1.24. The van der Waals surface area contributed by atoms with E-state index in [1.807, 2.05) is 19.9 Å². The lowest BCUT2D eigenvalue weighted by molar-refractivity contribution is 0.127. The molecule has 1 aliphatic rings. The standard InChI is InChI=1S/C53H80O2/c1-40(2)21-13-22-41(3)23-14-24-42(4)25-15-26-43(5)27-16-28-44(6)29-17-30-45(7)31-18-32-46(8)33-19-34-47(9)35-20-37-53(12)38-36-50-39-51(54)48(10)49(11)52(50)55-53/h21,23,25,27,29,31,33,35-36,38-39,54H,13-20,22,24,26,28,30,32,34,37H2,1-12H3/b41-23+,42-25+,43-27+,44-29+,45-31+,46-33+,47-35+/t53-/m1/s1. The van der Waals surface area contributed by atoms with Crippen molar-refractivity contribution in [3.63, 3.8) is 0 Å². The number of phenols is 1. The van der Waals surface area contributed by atoms with Crippen molar-refractivity contribution < 1.29 is 9.84 Å². The molecule has 0 unspecified atom stereocenters. The Hall–Kier alpha value is -3.52. The zero-order valence-electron chi connectivity index (χ0n) is 37.5. The van der Waals surface area contributed by atoms with E-state index >= 15 is 0 Å². The Morgan fingerprint density at radius 2 is 0.836 bits per heavy atom. The van der Waals surface area contributed by atoms with E-state index in [0.29, 0.717) is 5.75 Å². The fraction of sp³-hybridized carbons (Fsp3) is 0.547. The van der Waals surface area contributed by atoms with Crippen LogP contribution in [0, 0.1) is 13.8 Å². The van der Waals surface area contributed by atoms with Crippen molar-refractivity contribution in [2.24, 2.45) is 0 Å². The maximum atomic E-state index is 10.2. The Morgan fingerprint density at radius 1 is 0.509 bits per heavy atom. The SMILES string of the molecule is CC(C)=CCC/C(C)=C/CC/C(C)=C/CC/C(C)=C/CC/C(C)=C/CC/C(C)=C/CC/C(C)=C/CC/C(C)=C/CC[C@]1(C)C=Cc2cc(O)c(C)c(C)c2O1. The van der Waals surface area contributed by atoms with Gasteiger partial charge in [0.15, 0.2) is 0 Å². The van der Waals surface area contributed by atoms with Crippen LogP contribution in [0.4, 0.5) is 0 Å². The molecule has 1 atom stereocenters. The second-order valence-corrected chi connectivity index (χ2v) is 17.3. The van der Waals surface area contributed by atoms with Gasteiger partial charge in [-0.05, 0) is 209 Å². The van der Waals surface area contributed by atoms with Gasteiger partial charge < -0.3 is 9.84 Å². The molecule has 0 aromatic heterocycles. The molecule has 0 fully saturated rings. The Bertz CT molecular complexity index is 1640. The molecule has 0 spiro atoms. The molecule has 1 heterocycles. The summed E-state index contributed by atoms with van der Waals surface area (Å²) in [7, 11) is 0. The second-order valence-electron chi connectivity index (χ2n) is 17.3. The van der Waals surface area contributed by atoms with Gasteiger partial charge in [-0.25, -0.2) is 0 Å². The lowest BCUT2D eigenvalue weighted by Crippen LogP contribution is -2.32. The monoisotopic (exact) mass is 749 g/mol. The molecule has 304 valence electrons. The molecule has 1 aliphatic heterocycles.